The lowest BCUT2D eigenvalue weighted by atomic mass is 10.2. The number of rotatable bonds is 2. The molecule has 1 aromatic carbocycles. The Morgan fingerprint density at radius 1 is 1.15 bits per heavy atom. The van der Waals surface area contributed by atoms with Gasteiger partial charge in [0.1, 0.15) is 17.3 Å². The van der Waals surface area contributed by atoms with Crippen molar-refractivity contribution in [1.82, 2.24) is 19.6 Å². The van der Waals surface area contributed by atoms with Crippen LogP contribution in [0.5, 0.6) is 11.5 Å². The number of aryl methyl sites for hydroxylation is 2. The highest BCUT2D eigenvalue weighted by atomic mass is 16.5. The summed E-state index contributed by atoms with van der Waals surface area (Å²) in [5.74, 6) is 2.13. The van der Waals surface area contributed by atoms with Gasteiger partial charge in [0.2, 0.25) is 0 Å². The van der Waals surface area contributed by atoms with Crippen molar-refractivity contribution in [2.24, 2.45) is 0 Å². The largest absolute Gasteiger partial charge is 0.508 e. The number of hydrogen-bond donors (Lipinski definition) is 1. The highest BCUT2D eigenvalue weighted by Gasteiger charge is 2.15. The number of ether oxygens (including phenoxy) is 1. The van der Waals surface area contributed by atoms with Gasteiger partial charge in [0.25, 0.3) is 0 Å². The first-order valence-electron chi connectivity index (χ1n) is 6.17. The van der Waals surface area contributed by atoms with E-state index in [1.165, 1.54) is 0 Å². The van der Waals surface area contributed by atoms with E-state index in [0.29, 0.717) is 11.6 Å². The minimum Gasteiger partial charge on any atom is -0.508 e. The zero-order chi connectivity index (χ0) is 14.3. The van der Waals surface area contributed by atoms with Crippen molar-refractivity contribution in [3.05, 3.63) is 35.8 Å². The van der Waals surface area contributed by atoms with Crippen molar-refractivity contribution in [3.8, 4) is 22.9 Å². The number of aromatic hydroxyl groups is 1. The molecule has 0 saturated carbocycles. The molecule has 20 heavy (non-hydrogen) atoms. The van der Waals surface area contributed by atoms with Gasteiger partial charge in [0.05, 0.1) is 12.7 Å². The van der Waals surface area contributed by atoms with E-state index in [4.69, 9.17) is 4.74 Å². The predicted molar refractivity (Wildman–Crippen MR) is 73.9 cm³/mol. The molecule has 0 bridgehead atoms. The molecule has 0 aliphatic heterocycles. The third-order valence-corrected chi connectivity index (χ3v) is 3.11. The zero-order valence-corrected chi connectivity index (χ0v) is 11.5. The Kier molecular flexibility index (Phi) is 2.78. The highest BCUT2D eigenvalue weighted by molar-refractivity contribution is 5.68. The van der Waals surface area contributed by atoms with Gasteiger partial charge in [-0.2, -0.15) is 0 Å². The maximum atomic E-state index is 9.54. The first-order chi connectivity index (χ1) is 9.60. The number of benzene rings is 1. The number of phenols is 1. The average molecular weight is 270 g/mol. The van der Waals surface area contributed by atoms with E-state index in [2.05, 4.69) is 15.2 Å². The van der Waals surface area contributed by atoms with Gasteiger partial charge in [-0.15, -0.1) is 10.2 Å². The summed E-state index contributed by atoms with van der Waals surface area (Å²) >= 11 is 0. The maximum absolute atomic E-state index is 9.54. The molecule has 0 aliphatic rings. The quantitative estimate of drug-likeness (QED) is 0.772. The van der Waals surface area contributed by atoms with Crippen LogP contribution in [0.4, 0.5) is 0 Å². The Hall–Kier alpha value is -2.63. The zero-order valence-electron chi connectivity index (χ0n) is 11.5. The van der Waals surface area contributed by atoms with E-state index < -0.39 is 0 Å². The second-order valence-corrected chi connectivity index (χ2v) is 4.55. The maximum Gasteiger partial charge on any atom is 0.173 e. The monoisotopic (exact) mass is 270 g/mol. The molecule has 3 rings (SSSR count). The van der Waals surface area contributed by atoms with E-state index in [9.17, 15) is 5.11 Å². The van der Waals surface area contributed by atoms with Crippen molar-refractivity contribution in [2.45, 2.75) is 13.8 Å². The van der Waals surface area contributed by atoms with Crippen LogP contribution in [0.3, 0.4) is 0 Å². The normalized spacial score (nSPS) is 10.9. The first kappa shape index (κ1) is 12.4. The van der Waals surface area contributed by atoms with Gasteiger partial charge in [0.15, 0.2) is 11.5 Å². The fourth-order valence-electron chi connectivity index (χ4n) is 2.27. The van der Waals surface area contributed by atoms with Crippen molar-refractivity contribution >= 4 is 5.65 Å². The van der Waals surface area contributed by atoms with Crippen LogP contribution in [0.2, 0.25) is 0 Å². The summed E-state index contributed by atoms with van der Waals surface area (Å²) in [5.41, 5.74) is 2.39. The molecule has 6 heteroatoms. The Bertz CT molecular complexity index is 795. The third kappa shape index (κ3) is 1.85. The first-order valence-corrected chi connectivity index (χ1v) is 6.17. The minimum absolute atomic E-state index is 0.144. The molecule has 102 valence electrons. The standard InChI is InChI=1S/C14H14N4O2/c1-8-6-13-16-17-14(18(13)9(2)15-8)11-5-4-10(19)7-12(11)20-3/h4-7,19H,1-3H3. The summed E-state index contributed by atoms with van der Waals surface area (Å²) in [5, 5.41) is 17.9. The molecule has 2 heterocycles. The summed E-state index contributed by atoms with van der Waals surface area (Å²) in [6.45, 7) is 3.82. The molecule has 1 N–H and O–H groups in total. The Labute approximate surface area is 115 Å². The Balaban J connectivity index is 2.30. The summed E-state index contributed by atoms with van der Waals surface area (Å²) in [6, 6.07) is 6.77. The minimum atomic E-state index is 0.144. The van der Waals surface area contributed by atoms with Crippen molar-refractivity contribution < 1.29 is 9.84 Å². The van der Waals surface area contributed by atoms with Crippen LogP contribution >= 0.6 is 0 Å². The number of fused-ring (bicyclic) bond motifs is 1. The lowest BCUT2D eigenvalue weighted by Crippen LogP contribution is -2.00. The van der Waals surface area contributed by atoms with Gasteiger partial charge >= 0.3 is 0 Å². The van der Waals surface area contributed by atoms with Gasteiger partial charge in [0, 0.05) is 17.8 Å². The number of methoxy groups -OCH3 is 1. The van der Waals surface area contributed by atoms with E-state index in [1.54, 1.807) is 25.3 Å². The summed E-state index contributed by atoms with van der Waals surface area (Å²) < 4.78 is 7.16. The van der Waals surface area contributed by atoms with Crippen molar-refractivity contribution in [1.29, 1.82) is 0 Å². The summed E-state index contributed by atoms with van der Waals surface area (Å²) in [7, 11) is 1.55. The van der Waals surface area contributed by atoms with Crippen LogP contribution in [-0.2, 0) is 0 Å². The molecule has 0 saturated heterocycles. The number of phenolic OH excluding ortho intramolecular Hbond substituents is 1. The fourth-order valence-corrected chi connectivity index (χ4v) is 2.27. The molecule has 0 spiro atoms. The number of aromatic nitrogens is 4. The van der Waals surface area contributed by atoms with Gasteiger partial charge in [-0.3, -0.25) is 4.40 Å². The van der Waals surface area contributed by atoms with Crippen LogP contribution in [0.15, 0.2) is 24.3 Å². The third-order valence-electron chi connectivity index (χ3n) is 3.11. The van der Waals surface area contributed by atoms with Gasteiger partial charge < -0.3 is 9.84 Å². The Morgan fingerprint density at radius 3 is 2.70 bits per heavy atom. The molecule has 0 aliphatic carbocycles. The number of nitrogens with zero attached hydrogens (tertiary/aromatic N) is 4. The molecule has 0 radical (unpaired) electrons. The van der Waals surface area contributed by atoms with Crippen LogP contribution < -0.4 is 4.74 Å². The lowest BCUT2D eigenvalue weighted by molar-refractivity contribution is 0.409. The van der Waals surface area contributed by atoms with Gasteiger partial charge in [-0.25, -0.2) is 4.98 Å². The SMILES string of the molecule is COc1cc(O)ccc1-c1nnc2cc(C)nc(C)n12. The fraction of sp³-hybridized carbons (Fsp3) is 0.214. The average Bonchev–Trinajstić information content (AvgIpc) is 2.82. The Morgan fingerprint density at radius 2 is 1.95 bits per heavy atom. The van der Waals surface area contributed by atoms with Crippen LogP contribution in [-0.4, -0.2) is 31.8 Å². The van der Waals surface area contributed by atoms with Crippen molar-refractivity contribution in [2.75, 3.05) is 7.11 Å². The van der Waals surface area contributed by atoms with Crippen LogP contribution in [0.1, 0.15) is 11.5 Å². The summed E-state index contributed by atoms with van der Waals surface area (Å²) in [6.07, 6.45) is 0. The molecule has 3 aromatic rings. The van der Waals surface area contributed by atoms with E-state index in [1.807, 2.05) is 24.3 Å². The molecule has 0 atom stereocenters. The molecule has 0 fully saturated rings. The van der Waals surface area contributed by atoms with Gasteiger partial charge in [-0.1, -0.05) is 0 Å². The van der Waals surface area contributed by atoms with E-state index in [-0.39, 0.29) is 5.75 Å². The highest BCUT2D eigenvalue weighted by Crippen LogP contribution is 2.32. The predicted octanol–water partition coefficient (Wildman–Crippen LogP) is 2.12. The molecular formula is C14H14N4O2. The molecule has 0 amide bonds. The van der Waals surface area contributed by atoms with Gasteiger partial charge in [-0.05, 0) is 26.0 Å². The second-order valence-electron chi connectivity index (χ2n) is 4.55. The summed E-state index contributed by atoms with van der Waals surface area (Å²) in [4.78, 5) is 4.43. The molecular weight excluding hydrogens is 256 g/mol. The van der Waals surface area contributed by atoms with E-state index >= 15 is 0 Å². The van der Waals surface area contributed by atoms with Crippen LogP contribution in [0.25, 0.3) is 17.0 Å². The van der Waals surface area contributed by atoms with Crippen molar-refractivity contribution in [3.63, 3.8) is 0 Å². The van der Waals surface area contributed by atoms with Crippen LogP contribution in [0, 0.1) is 13.8 Å². The topological polar surface area (TPSA) is 72.5 Å². The molecule has 6 nitrogen and oxygen atoms in total. The molecule has 2 aromatic heterocycles. The van der Waals surface area contributed by atoms with E-state index in [0.717, 1.165) is 22.7 Å². The molecule has 0 unspecified atom stereocenters. The number of hydrogen-bond acceptors (Lipinski definition) is 5. The lowest BCUT2D eigenvalue weighted by Gasteiger charge is -2.09. The smallest absolute Gasteiger partial charge is 0.173 e. The second kappa shape index (κ2) is 4.48.